The smallest absolute Gasteiger partial charge is 0.277 e. The number of hydrogen-bond donors (Lipinski definition) is 3. The summed E-state index contributed by atoms with van der Waals surface area (Å²) >= 11 is 0. The highest BCUT2D eigenvalue weighted by atomic mass is 16.6. The number of nitro groups is 1. The number of ether oxygens (including phenoxy) is 2. The van der Waals surface area contributed by atoms with E-state index in [4.69, 9.17) is 9.47 Å². The van der Waals surface area contributed by atoms with E-state index >= 15 is 0 Å². The number of carbonyl (C=O) groups is 1. The Hall–Kier alpha value is -5.25. The number of hydrogen-bond acceptors (Lipinski definition) is 9. The first-order valence-electron chi connectivity index (χ1n) is 11.3. The number of nitrogens with zero attached hydrogens (tertiary/aromatic N) is 2. The van der Waals surface area contributed by atoms with E-state index in [0.29, 0.717) is 34.2 Å². The van der Waals surface area contributed by atoms with E-state index in [1.54, 1.807) is 48.5 Å². The highest BCUT2D eigenvalue weighted by molar-refractivity contribution is 6.18. The summed E-state index contributed by atoms with van der Waals surface area (Å²) in [5, 5.41) is 43.1. The Labute approximate surface area is 217 Å². The Kier molecular flexibility index (Phi) is 7.06. The van der Waals surface area contributed by atoms with Crippen LogP contribution < -0.4 is 9.47 Å². The topological polar surface area (TPSA) is 143 Å². The number of aromatic hydroxyl groups is 3. The zero-order valence-corrected chi connectivity index (χ0v) is 20.7. The van der Waals surface area contributed by atoms with Crippen molar-refractivity contribution in [3.05, 3.63) is 93.2 Å². The lowest BCUT2D eigenvalue weighted by Crippen LogP contribution is -2.17. The molecule has 0 spiro atoms. The molecule has 0 amide bonds. The van der Waals surface area contributed by atoms with Gasteiger partial charge in [0.15, 0.2) is 23.0 Å². The van der Waals surface area contributed by atoms with E-state index in [1.807, 2.05) is 0 Å². The lowest BCUT2D eigenvalue weighted by Gasteiger charge is -2.29. The highest BCUT2D eigenvalue weighted by Crippen LogP contribution is 2.47. The van der Waals surface area contributed by atoms with Gasteiger partial charge < -0.3 is 29.7 Å². The lowest BCUT2D eigenvalue weighted by atomic mass is 9.85. The monoisotopic (exact) mass is 516 g/mol. The Balaban J connectivity index is 2.18. The van der Waals surface area contributed by atoms with Crippen LogP contribution in [-0.4, -0.2) is 52.7 Å². The SMILES string of the molecule is COc1cc(C(/C(=C/C=O)c2cc(OC)c(O)cc2O)=C2\c3cccc([N+](=O)[O-])c3C=CN2C)ccc1O. The fourth-order valence-electron chi connectivity index (χ4n) is 4.42. The number of phenols is 3. The van der Waals surface area contributed by atoms with Crippen LogP contribution in [0.4, 0.5) is 5.69 Å². The molecule has 4 rings (SSSR count). The number of allylic oxidation sites excluding steroid dienone is 3. The van der Waals surface area contributed by atoms with Gasteiger partial charge in [-0.25, -0.2) is 0 Å². The van der Waals surface area contributed by atoms with Crippen LogP contribution in [0.1, 0.15) is 22.3 Å². The van der Waals surface area contributed by atoms with Gasteiger partial charge in [0.25, 0.3) is 5.69 Å². The molecule has 0 unspecified atom stereocenters. The van der Waals surface area contributed by atoms with Crippen LogP contribution in [0.2, 0.25) is 0 Å². The van der Waals surface area contributed by atoms with Crippen LogP contribution in [0, 0.1) is 10.1 Å². The predicted molar refractivity (Wildman–Crippen MR) is 142 cm³/mol. The standard InChI is InChI=1S/C28H24N2O8/c1-29-11-9-17-19(5-4-6-21(17)30(35)36)28(29)27(16-7-8-22(32)25(13-16)37-2)18(10-12-31)20-14-26(38-3)24(34)15-23(20)33/h4-15,32-34H,1-3H3/b18-10+,28-27-. The van der Waals surface area contributed by atoms with Gasteiger partial charge in [0.2, 0.25) is 0 Å². The maximum Gasteiger partial charge on any atom is 0.277 e. The molecule has 0 radical (unpaired) electrons. The average Bonchev–Trinajstić information content (AvgIpc) is 2.90. The van der Waals surface area contributed by atoms with E-state index in [9.17, 15) is 30.2 Å². The molecular formula is C28H24N2O8. The molecule has 10 heteroatoms. The number of carbonyl (C=O) groups excluding carboxylic acids is 1. The van der Waals surface area contributed by atoms with E-state index in [1.165, 1.54) is 38.5 Å². The van der Waals surface area contributed by atoms with Crippen LogP contribution in [0.25, 0.3) is 22.9 Å². The molecule has 0 atom stereocenters. The fraction of sp³-hybridized carbons (Fsp3) is 0.107. The van der Waals surface area contributed by atoms with Crippen molar-refractivity contribution in [2.24, 2.45) is 0 Å². The summed E-state index contributed by atoms with van der Waals surface area (Å²) < 4.78 is 10.5. The number of methoxy groups -OCH3 is 2. The zero-order chi connectivity index (χ0) is 27.6. The summed E-state index contributed by atoms with van der Waals surface area (Å²) in [6, 6.07) is 11.7. The van der Waals surface area contributed by atoms with Gasteiger partial charge in [-0.2, -0.15) is 0 Å². The Morgan fingerprint density at radius 1 is 0.974 bits per heavy atom. The van der Waals surface area contributed by atoms with Crippen molar-refractivity contribution in [1.29, 1.82) is 0 Å². The number of aldehydes is 1. The molecule has 3 aromatic rings. The normalized spacial score (nSPS) is 14.1. The lowest BCUT2D eigenvalue weighted by molar-refractivity contribution is -0.385. The van der Waals surface area contributed by atoms with Gasteiger partial charge in [0.05, 0.1) is 30.4 Å². The van der Waals surface area contributed by atoms with Crippen LogP contribution in [0.5, 0.6) is 28.7 Å². The van der Waals surface area contributed by atoms with Gasteiger partial charge in [-0.15, -0.1) is 0 Å². The number of phenolic OH excluding ortho intramolecular Hbond substituents is 3. The largest absolute Gasteiger partial charge is 0.507 e. The quantitative estimate of drug-likeness (QED) is 0.175. The van der Waals surface area contributed by atoms with E-state index in [0.717, 1.165) is 6.07 Å². The summed E-state index contributed by atoms with van der Waals surface area (Å²) in [6.07, 6.45) is 5.05. The van der Waals surface area contributed by atoms with Crippen molar-refractivity contribution >= 4 is 34.9 Å². The molecule has 0 fully saturated rings. The van der Waals surface area contributed by atoms with Crippen LogP contribution in [0.3, 0.4) is 0 Å². The maximum atomic E-state index is 11.9. The van der Waals surface area contributed by atoms with Gasteiger partial charge in [0, 0.05) is 42.1 Å². The van der Waals surface area contributed by atoms with Crippen molar-refractivity contribution in [2.45, 2.75) is 0 Å². The molecule has 3 aromatic carbocycles. The summed E-state index contributed by atoms with van der Waals surface area (Å²) in [5.41, 5.74) is 2.43. The highest BCUT2D eigenvalue weighted by Gasteiger charge is 2.29. The van der Waals surface area contributed by atoms with Crippen molar-refractivity contribution in [2.75, 3.05) is 21.3 Å². The van der Waals surface area contributed by atoms with Crippen LogP contribution in [-0.2, 0) is 4.79 Å². The second kappa shape index (κ2) is 10.4. The number of rotatable bonds is 7. The van der Waals surface area contributed by atoms with Gasteiger partial charge in [0.1, 0.15) is 12.0 Å². The third kappa shape index (κ3) is 4.50. The van der Waals surface area contributed by atoms with Gasteiger partial charge >= 0.3 is 0 Å². The molecule has 0 aliphatic carbocycles. The average molecular weight is 517 g/mol. The fourth-order valence-corrected chi connectivity index (χ4v) is 4.42. The zero-order valence-electron chi connectivity index (χ0n) is 20.7. The maximum absolute atomic E-state index is 11.9. The molecule has 1 aliphatic rings. The first-order valence-corrected chi connectivity index (χ1v) is 11.3. The summed E-state index contributed by atoms with van der Waals surface area (Å²) in [5.74, 6) is -0.572. The first-order chi connectivity index (χ1) is 18.2. The van der Waals surface area contributed by atoms with Crippen molar-refractivity contribution < 1.29 is 34.5 Å². The Morgan fingerprint density at radius 3 is 2.34 bits per heavy atom. The van der Waals surface area contributed by atoms with Crippen molar-refractivity contribution in [3.8, 4) is 28.7 Å². The van der Waals surface area contributed by atoms with Crippen molar-refractivity contribution in [3.63, 3.8) is 0 Å². The van der Waals surface area contributed by atoms with Gasteiger partial charge in [-0.1, -0.05) is 18.2 Å². The molecule has 1 aliphatic heterocycles. The molecule has 0 aromatic heterocycles. The number of fused-ring (bicyclic) bond motifs is 1. The van der Waals surface area contributed by atoms with Crippen LogP contribution in [0.15, 0.2) is 60.8 Å². The molecule has 0 bridgehead atoms. The summed E-state index contributed by atoms with van der Waals surface area (Å²) in [6.45, 7) is 0. The second-order valence-electron chi connectivity index (χ2n) is 8.29. The van der Waals surface area contributed by atoms with Crippen LogP contribution >= 0.6 is 0 Å². The summed E-state index contributed by atoms with van der Waals surface area (Å²) in [4.78, 5) is 25.0. The molecule has 3 N–H and O–H groups in total. The molecule has 0 saturated heterocycles. The molecule has 1 heterocycles. The Bertz CT molecular complexity index is 1540. The summed E-state index contributed by atoms with van der Waals surface area (Å²) in [7, 11) is 4.47. The Morgan fingerprint density at radius 2 is 1.68 bits per heavy atom. The van der Waals surface area contributed by atoms with Gasteiger partial charge in [-0.05, 0) is 41.5 Å². The minimum atomic E-state index is -0.478. The second-order valence-corrected chi connectivity index (χ2v) is 8.29. The minimum Gasteiger partial charge on any atom is -0.507 e. The van der Waals surface area contributed by atoms with E-state index < -0.39 is 4.92 Å². The molecule has 10 nitrogen and oxygen atoms in total. The van der Waals surface area contributed by atoms with E-state index in [-0.39, 0.29) is 45.6 Å². The van der Waals surface area contributed by atoms with E-state index in [2.05, 4.69) is 0 Å². The predicted octanol–water partition coefficient (Wildman–Crippen LogP) is 4.80. The third-order valence-electron chi connectivity index (χ3n) is 6.15. The molecule has 194 valence electrons. The number of nitro benzene ring substituents is 1. The first kappa shape index (κ1) is 25.8. The number of benzene rings is 3. The molecule has 0 saturated carbocycles. The molecule has 38 heavy (non-hydrogen) atoms. The molecular weight excluding hydrogens is 492 g/mol. The van der Waals surface area contributed by atoms with Gasteiger partial charge in [-0.3, -0.25) is 14.9 Å². The third-order valence-corrected chi connectivity index (χ3v) is 6.15. The minimum absolute atomic E-state index is 0.0511. The van der Waals surface area contributed by atoms with Crippen molar-refractivity contribution in [1.82, 2.24) is 4.90 Å².